The number of rotatable bonds is 7. The van der Waals surface area contributed by atoms with Crippen LogP contribution in [-0.4, -0.2) is 4.98 Å². The number of oxazole rings is 1. The van der Waals surface area contributed by atoms with Crippen LogP contribution in [0.15, 0.2) is 40.0 Å². The maximum Gasteiger partial charge on any atom is 0.256 e. The van der Waals surface area contributed by atoms with Gasteiger partial charge >= 0.3 is 0 Å². The van der Waals surface area contributed by atoms with E-state index in [1.807, 2.05) is 6.08 Å². The Labute approximate surface area is 162 Å². The Kier molecular flexibility index (Phi) is 6.29. The molecule has 140 valence electrons. The van der Waals surface area contributed by atoms with E-state index in [2.05, 4.69) is 63.0 Å². The fraction of sp³-hybridized carbons (Fsp3) is 0.522. The highest BCUT2D eigenvalue weighted by Gasteiger charge is 2.20. The minimum atomic E-state index is 0.368. The molecule has 0 N–H and O–H groups in total. The Morgan fingerprint density at radius 1 is 1.19 bits per heavy atom. The van der Waals surface area contributed by atoms with Crippen molar-refractivity contribution in [2.24, 2.45) is 5.41 Å². The van der Waals surface area contributed by atoms with E-state index in [0.29, 0.717) is 11.3 Å². The molecular weight excluding hydrogens is 338 g/mol. The summed E-state index contributed by atoms with van der Waals surface area (Å²) in [4.78, 5) is 4.62. The molecule has 0 spiro atoms. The van der Waals surface area contributed by atoms with Crippen molar-refractivity contribution >= 4 is 17.8 Å². The molecule has 1 aliphatic carbocycles. The van der Waals surface area contributed by atoms with Crippen LogP contribution >= 0.6 is 11.8 Å². The smallest absolute Gasteiger partial charge is 0.256 e. The zero-order valence-corrected chi connectivity index (χ0v) is 17.4. The van der Waals surface area contributed by atoms with Gasteiger partial charge in [-0.25, -0.2) is 4.98 Å². The summed E-state index contributed by atoms with van der Waals surface area (Å²) in [5.74, 6) is 2.51. The van der Waals surface area contributed by atoms with Gasteiger partial charge in [-0.15, -0.1) is 0 Å². The second-order valence-corrected chi connectivity index (χ2v) is 9.44. The van der Waals surface area contributed by atoms with E-state index in [0.717, 1.165) is 35.3 Å². The lowest BCUT2D eigenvalue weighted by atomic mass is 9.79. The molecule has 1 aromatic carbocycles. The van der Waals surface area contributed by atoms with Crippen molar-refractivity contribution in [3.8, 4) is 0 Å². The molecule has 1 aromatic heterocycles. The van der Waals surface area contributed by atoms with E-state index in [4.69, 9.17) is 4.42 Å². The predicted molar refractivity (Wildman–Crippen MR) is 112 cm³/mol. The first-order chi connectivity index (χ1) is 12.4. The molecule has 1 atom stereocenters. The second kappa shape index (κ2) is 8.47. The number of thioether (sulfide) groups is 1. The monoisotopic (exact) mass is 369 g/mol. The molecule has 26 heavy (non-hydrogen) atoms. The zero-order valence-electron chi connectivity index (χ0n) is 16.5. The maximum absolute atomic E-state index is 5.84. The van der Waals surface area contributed by atoms with Crippen molar-refractivity contribution < 1.29 is 4.42 Å². The molecule has 0 fully saturated rings. The lowest BCUT2D eigenvalue weighted by Crippen LogP contribution is -2.12. The number of aryl methyl sites for hydroxylation is 1. The Bertz CT molecular complexity index is 737. The van der Waals surface area contributed by atoms with Crippen molar-refractivity contribution in [2.75, 3.05) is 0 Å². The molecular formula is C23H31NOS. The first kappa shape index (κ1) is 19.3. The highest BCUT2D eigenvalue weighted by molar-refractivity contribution is 7.98. The van der Waals surface area contributed by atoms with Gasteiger partial charge < -0.3 is 4.42 Å². The van der Waals surface area contributed by atoms with Crippen molar-refractivity contribution in [2.45, 2.75) is 76.7 Å². The van der Waals surface area contributed by atoms with Crippen molar-refractivity contribution in [3.05, 3.63) is 52.9 Å². The summed E-state index contributed by atoms with van der Waals surface area (Å²) in [5.41, 5.74) is 4.28. The largest absolute Gasteiger partial charge is 0.432 e. The molecule has 0 radical (unpaired) electrons. The van der Waals surface area contributed by atoms with Crippen LogP contribution in [0.5, 0.6) is 0 Å². The Morgan fingerprint density at radius 3 is 2.62 bits per heavy atom. The van der Waals surface area contributed by atoms with Gasteiger partial charge in [0.15, 0.2) is 5.76 Å². The van der Waals surface area contributed by atoms with Crippen LogP contribution in [0, 0.1) is 5.41 Å². The molecule has 2 nitrogen and oxygen atoms in total. The van der Waals surface area contributed by atoms with E-state index < -0.39 is 0 Å². The van der Waals surface area contributed by atoms with E-state index in [1.54, 1.807) is 11.8 Å². The van der Waals surface area contributed by atoms with Gasteiger partial charge in [0.2, 0.25) is 0 Å². The van der Waals surface area contributed by atoms with E-state index in [1.165, 1.54) is 30.4 Å². The van der Waals surface area contributed by atoms with Gasteiger partial charge in [-0.2, -0.15) is 0 Å². The Morgan fingerprint density at radius 2 is 1.96 bits per heavy atom. The number of hydrogen-bond acceptors (Lipinski definition) is 3. The summed E-state index contributed by atoms with van der Waals surface area (Å²) in [6.45, 7) is 9.30. The minimum absolute atomic E-state index is 0.368. The summed E-state index contributed by atoms with van der Waals surface area (Å²) < 4.78 is 5.84. The van der Waals surface area contributed by atoms with Gasteiger partial charge in [0.25, 0.3) is 5.22 Å². The SMILES string of the molecule is CCCC(CC(C)(C)C)c1ccc(CSc2nc3c(o2)C=CCC3)cc1. The standard InChI is InChI=1S/C23H31NOS/c1-5-8-19(15-23(2,3)4)18-13-11-17(12-14-18)16-26-22-24-20-9-6-7-10-21(20)25-22/h7,10-14,19H,5-6,8-9,15-16H2,1-4H3. The normalized spacial score (nSPS) is 15.1. The first-order valence-corrected chi connectivity index (χ1v) is 10.8. The molecule has 3 heteroatoms. The highest BCUT2D eigenvalue weighted by Crippen LogP contribution is 2.35. The maximum atomic E-state index is 5.84. The second-order valence-electron chi connectivity index (χ2n) is 8.51. The summed E-state index contributed by atoms with van der Waals surface area (Å²) in [5, 5.41) is 0.794. The number of hydrogen-bond donors (Lipinski definition) is 0. The molecule has 2 aromatic rings. The van der Waals surface area contributed by atoms with E-state index >= 15 is 0 Å². The third-order valence-electron chi connectivity index (χ3n) is 4.83. The average Bonchev–Trinajstić information content (AvgIpc) is 3.02. The van der Waals surface area contributed by atoms with Crippen LogP contribution in [0.25, 0.3) is 6.08 Å². The first-order valence-electron chi connectivity index (χ1n) is 9.82. The lowest BCUT2D eigenvalue weighted by Gasteiger charge is -2.26. The molecule has 0 bridgehead atoms. The van der Waals surface area contributed by atoms with Gasteiger partial charge in [0.05, 0.1) is 5.69 Å². The van der Waals surface area contributed by atoms with Gasteiger partial charge in [0.1, 0.15) is 0 Å². The van der Waals surface area contributed by atoms with Crippen LogP contribution in [-0.2, 0) is 12.2 Å². The molecule has 0 aliphatic heterocycles. The fourth-order valence-corrected chi connectivity index (χ4v) is 4.43. The summed E-state index contributed by atoms with van der Waals surface area (Å²) in [7, 11) is 0. The quantitative estimate of drug-likeness (QED) is 0.481. The minimum Gasteiger partial charge on any atom is -0.432 e. The van der Waals surface area contributed by atoms with Crippen LogP contribution in [0.4, 0.5) is 0 Å². The zero-order chi connectivity index (χ0) is 18.6. The van der Waals surface area contributed by atoms with Crippen LogP contribution in [0.2, 0.25) is 0 Å². The van der Waals surface area contributed by atoms with Crippen molar-refractivity contribution in [1.29, 1.82) is 0 Å². The molecule has 3 rings (SSSR count). The number of nitrogens with zero attached hydrogens (tertiary/aromatic N) is 1. The summed E-state index contributed by atoms with van der Waals surface area (Å²) in [6.07, 6.45) is 10.0. The fourth-order valence-electron chi connectivity index (χ4n) is 3.63. The molecule has 1 heterocycles. The number of fused-ring (bicyclic) bond motifs is 1. The van der Waals surface area contributed by atoms with Crippen LogP contribution in [0.1, 0.15) is 81.9 Å². The van der Waals surface area contributed by atoms with Crippen LogP contribution in [0.3, 0.4) is 0 Å². The summed E-state index contributed by atoms with van der Waals surface area (Å²) >= 11 is 1.69. The van der Waals surface area contributed by atoms with Crippen molar-refractivity contribution in [1.82, 2.24) is 4.98 Å². The third kappa shape index (κ3) is 5.26. The molecule has 0 saturated heterocycles. The molecule has 1 unspecified atom stereocenters. The number of allylic oxidation sites excluding steroid dienone is 1. The number of benzene rings is 1. The summed E-state index contributed by atoms with van der Waals surface area (Å²) in [6, 6.07) is 9.20. The van der Waals surface area contributed by atoms with Gasteiger partial charge in [-0.3, -0.25) is 0 Å². The molecule has 0 amide bonds. The number of aromatic nitrogens is 1. The molecule has 0 saturated carbocycles. The Hall–Kier alpha value is -1.48. The van der Waals surface area contributed by atoms with Crippen molar-refractivity contribution in [3.63, 3.8) is 0 Å². The van der Waals surface area contributed by atoms with E-state index in [9.17, 15) is 0 Å². The van der Waals surface area contributed by atoms with Gasteiger partial charge in [-0.05, 0) is 54.2 Å². The van der Waals surface area contributed by atoms with Gasteiger partial charge in [-0.1, -0.05) is 76.2 Å². The third-order valence-corrected chi connectivity index (χ3v) is 5.73. The lowest BCUT2D eigenvalue weighted by molar-refractivity contribution is 0.330. The molecule has 1 aliphatic rings. The Balaban J connectivity index is 1.61. The highest BCUT2D eigenvalue weighted by atomic mass is 32.2. The van der Waals surface area contributed by atoms with Crippen LogP contribution < -0.4 is 0 Å². The van der Waals surface area contributed by atoms with Gasteiger partial charge in [0, 0.05) is 5.75 Å². The topological polar surface area (TPSA) is 26.0 Å². The average molecular weight is 370 g/mol. The predicted octanol–water partition coefficient (Wildman–Crippen LogP) is 7.25. The van der Waals surface area contributed by atoms with E-state index in [-0.39, 0.29) is 0 Å².